The van der Waals surface area contributed by atoms with Crippen LogP contribution in [0.3, 0.4) is 0 Å². The SMILES string of the molecule is CC(C)NCC(C)S(=O)(=O)N(C)C1CCS(=O)(=O)C1. The number of sulfonamides is 1. The average Bonchev–Trinajstić information content (AvgIpc) is 2.65. The lowest BCUT2D eigenvalue weighted by molar-refractivity contribution is 0.386. The Balaban J connectivity index is 2.71. The lowest BCUT2D eigenvalue weighted by atomic mass is 10.3. The molecule has 1 rings (SSSR count). The minimum absolute atomic E-state index is 0.0624. The van der Waals surface area contributed by atoms with Crippen LogP contribution in [0.5, 0.6) is 0 Å². The molecule has 2 atom stereocenters. The third-order valence-electron chi connectivity index (χ3n) is 3.45. The molecule has 2 unspecified atom stereocenters. The van der Waals surface area contributed by atoms with Gasteiger partial charge in [0.1, 0.15) is 0 Å². The number of nitrogens with zero attached hydrogens (tertiary/aromatic N) is 1. The number of nitrogens with one attached hydrogen (secondary N) is 1. The molecule has 1 heterocycles. The van der Waals surface area contributed by atoms with Crippen LogP contribution in [0.25, 0.3) is 0 Å². The zero-order valence-corrected chi connectivity index (χ0v) is 13.6. The van der Waals surface area contributed by atoms with Crippen molar-refractivity contribution in [2.24, 2.45) is 0 Å². The Morgan fingerprint density at radius 3 is 2.32 bits per heavy atom. The van der Waals surface area contributed by atoms with Crippen molar-refractivity contribution in [1.29, 1.82) is 0 Å². The lowest BCUT2D eigenvalue weighted by Crippen LogP contribution is -2.46. The molecule has 0 aromatic heterocycles. The maximum Gasteiger partial charge on any atom is 0.217 e. The minimum Gasteiger partial charge on any atom is -0.313 e. The van der Waals surface area contributed by atoms with Crippen molar-refractivity contribution in [3.8, 4) is 0 Å². The molecule has 0 bridgehead atoms. The quantitative estimate of drug-likeness (QED) is 0.736. The molecule has 8 heteroatoms. The molecule has 0 radical (unpaired) electrons. The molecule has 19 heavy (non-hydrogen) atoms. The molecular weight excluding hydrogens is 288 g/mol. The van der Waals surface area contributed by atoms with Crippen molar-refractivity contribution >= 4 is 19.9 Å². The Morgan fingerprint density at radius 1 is 1.32 bits per heavy atom. The van der Waals surface area contributed by atoms with Crippen molar-refractivity contribution in [1.82, 2.24) is 9.62 Å². The minimum atomic E-state index is -3.46. The molecule has 1 N–H and O–H groups in total. The summed E-state index contributed by atoms with van der Waals surface area (Å²) in [6.07, 6.45) is 0.391. The second kappa shape index (κ2) is 6.07. The van der Waals surface area contributed by atoms with Gasteiger partial charge >= 0.3 is 0 Å². The van der Waals surface area contributed by atoms with Gasteiger partial charge in [-0.1, -0.05) is 13.8 Å². The summed E-state index contributed by atoms with van der Waals surface area (Å²) in [6, 6.07) is -0.202. The largest absolute Gasteiger partial charge is 0.313 e. The monoisotopic (exact) mass is 312 g/mol. The Bertz CT molecular complexity index is 499. The topological polar surface area (TPSA) is 83.6 Å². The summed E-state index contributed by atoms with van der Waals surface area (Å²) >= 11 is 0. The first-order valence-corrected chi connectivity index (χ1v) is 9.79. The van der Waals surface area contributed by atoms with Crippen molar-refractivity contribution in [3.63, 3.8) is 0 Å². The summed E-state index contributed by atoms with van der Waals surface area (Å²) < 4.78 is 48.8. The first-order valence-electron chi connectivity index (χ1n) is 6.47. The summed E-state index contributed by atoms with van der Waals surface area (Å²) in [4.78, 5) is 0. The van der Waals surface area contributed by atoms with Crippen molar-refractivity contribution < 1.29 is 16.8 Å². The van der Waals surface area contributed by atoms with E-state index in [1.165, 1.54) is 11.4 Å². The average molecular weight is 312 g/mol. The fraction of sp³-hybridized carbons (Fsp3) is 1.00. The smallest absolute Gasteiger partial charge is 0.217 e. The van der Waals surface area contributed by atoms with E-state index >= 15 is 0 Å². The second-order valence-electron chi connectivity index (χ2n) is 5.49. The molecule has 1 aliphatic heterocycles. The van der Waals surface area contributed by atoms with Crippen LogP contribution < -0.4 is 5.32 Å². The van der Waals surface area contributed by atoms with E-state index in [-0.39, 0.29) is 17.5 Å². The predicted molar refractivity (Wildman–Crippen MR) is 76.3 cm³/mol. The highest BCUT2D eigenvalue weighted by molar-refractivity contribution is 7.92. The van der Waals surface area contributed by atoms with Gasteiger partial charge < -0.3 is 5.32 Å². The molecule has 6 nitrogen and oxygen atoms in total. The highest BCUT2D eigenvalue weighted by Gasteiger charge is 2.37. The van der Waals surface area contributed by atoms with Crippen molar-refractivity contribution in [2.75, 3.05) is 25.1 Å². The van der Waals surface area contributed by atoms with E-state index in [4.69, 9.17) is 0 Å². The van der Waals surface area contributed by atoms with Gasteiger partial charge in [-0.25, -0.2) is 21.1 Å². The van der Waals surface area contributed by atoms with E-state index in [1.807, 2.05) is 13.8 Å². The van der Waals surface area contributed by atoms with E-state index in [2.05, 4.69) is 5.32 Å². The van der Waals surface area contributed by atoms with Crippen LogP contribution in [0.2, 0.25) is 0 Å². The molecule has 1 saturated heterocycles. The normalized spacial score (nSPS) is 25.1. The summed E-state index contributed by atoms with van der Waals surface area (Å²) in [5, 5.41) is 2.52. The second-order valence-corrected chi connectivity index (χ2v) is 10.1. The van der Waals surface area contributed by atoms with Gasteiger partial charge in [-0.15, -0.1) is 0 Å². The third kappa shape index (κ3) is 4.40. The molecule has 0 aromatic carbocycles. The molecule has 0 aliphatic carbocycles. The highest BCUT2D eigenvalue weighted by Crippen LogP contribution is 2.20. The van der Waals surface area contributed by atoms with Gasteiger partial charge in [-0.3, -0.25) is 0 Å². The maximum atomic E-state index is 12.3. The van der Waals surface area contributed by atoms with Crippen LogP contribution in [0.15, 0.2) is 0 Å². The maximum absolute atomic E-state index is 12.3. The Hall–Kier alpha value is -0.180. The molecule has 0 saturated carbocycles. The number of rotatable bonds is 6. The van der Waals surface area contributed by atoms with Gasteiger partial charge in [-0.05, 0) is 13.3 Å². The van der Waals surface area contributed by atoms with Gasteiger partial charge in [0.15, 0.2) is 9.84 Å². The van der Waals surface area contributed by atoms with Crippen molar-refractivity contribution in [3.05, 3.63) is 0 Å². The molecule has 0 aromatic rings. The van der Waals surface area contributed by atoms with Gasteiger partial charge in [0, 0.05) is 25.7 Å². The predicted octanol–water partition coefficient (Wildman–Crippen LogP) is -0.178. The van der Waals surface area contributed by atoms with Crippen LogP contribution in [-0.2, 0) is 19.9 Å². The van der Waals surface area contributed by atoms with Crippen LogP contribution in [-0.4, -0.2) is 63.6 Å². The Morgan fingerprint density at radius 2 is 1.89 bits per heavy atom. The molecule has 1 aliphatic rings. The zero-order valence-electron chi connectivity index (χ0n) is 12.0. The van der Waals surface area contributed by atoms with E-state index in [0.29, 0.717) is 13.0 Å². The van der Waals surface area contributed by atoms with Crippen molar-refractivity contribution in [2.45, 2.75) is 44.5 Å². The number of hydrogen-bond acceptors (Lipinski definition) is 5. The lowest BCUT2D eigenvalue weighted by Gasteiger charge is -2.27. The molecular formula is C11H24N2O4S2. The fourth-order valence-corrected chi connectivity index (χ4v) is 5.40. The summed E-state index contributed by atoms with van der Waals surface area (Å²) in [5.74, 6) is 0.0171. The van der Waals surface area contributed by atoms with Gasteiger partial charge in [0.2, 0.25) is 10.0 Å². The molecule has 114 valence electrons. The Kier molecular flexibility index (Phi) is 5.39. The van der Waals surface area contributed by atoms with E-state index in [9.17, 15) is 16.8 Å². The van der Waals surface area contributed by atoms with Gasteiger partial charge in [0.25, 0.3) is 0 Å². The number of sulfone groups is 1. The van der Waals surface area contributed by atoms with Gasteiger partial charge in [0.05, 0.1) is 16.8 Å². The summed E-state index contributed by atoms with van der Waals surface area (Å²) in [7, 11) is -5.06. The number of hydrogen-bond donors (Lipinski definition) is 1. The third-order valence-corrected chi connectivity index (χ3v) is 7.48. The highest BCUT2D eigenvalue weighted by atomic mass is 32.2. The first-order chi connectivity index (χ1) is 8.56. The standard InChI is InChI=1S/C11H24N2O4S2/c1-9(2)12-7-10(3)19(16,17)13(4)11-5-6-18(14,15)8-11/h9-12H,5-8H2,1-4H3. The van der Waals surface area contributed by atoms with Crippen LogP contribution >= 0.6 is 0 Å². The molecule has 0 spiro atoms. The molecule has 1 fully saturated rings. The van der Waals surface area contributed by atoms with Gasteiger partial charge in [-0.2, -0.15) is 0 Å². The summed E-state index contributed by atoms with van der Waals surface area (Å²) in [5.41, 5.74) is 0. The Labute approximate surface area is 116 Å². The van der Waals surface area contributed by atoms with E-state index < -0.39 is 31.2 Å². The van der Waals surface area contributed by atoms with Crippen LogP contribution in [0.1, 0.15) is 27.2 Å². The van der Waals surface area contributed by atoms with Crippen LogP contribution in [0.4, 0.5) is 0 Å². The zero-order chi connectivity index (χ0) is 14.8. The van der Waals surface area contributed by atoms with Crippen LogP contribution in [0, 0.1) is 0 Å². The fourth-order valence-electron chi connectivity index (χ4n) is 2.06. The summed E-state index contributed by atoms with van der Waals surface area (Å²) in [6.45, 7) is 5.91. The van der Waals surface area contributed by atoms with E-state index in [1.54, 1.807) is 6.92 Å². The molecule has 0 amide bonds. The van der Waals surface area contributed by atoms with E-state index in [0.717, 1.165) is 0 Å². The first kappa shape index (κ1) is 16.9.